The van der Waals surface area contributed by atoms with Crippen LogP contribution in [0.5, 0.6) is 11.5 Å². The van der Waals surface area contributed by atoms with Gasteiger partial charge in [-0.25, -0.2) is 9.18 Å². The number of benzene rings is 1. The lowest BCUT2D eigenvalue weighted by Crippen LogP contribution is -2.39. The monoisotopic (exact) mass is 479 g/mol. The molecule has 2 aliphatic heterocycles. The normalized spacial score (nSPS) is 23.6. The first-order chi connectivity index (χ1) is 17.0. The molecule has 1 saturated carbocycles. The van der Waals surface area contributed by atoms with E-state index in [2.05, 4.69) is 4.98 Å². The lowest BCUT2D eigenvalue weighted by atomic mass is 9.77. The molecule has 8 nitrogen and oxygen atoms in total. The SMILES string of the molecule is O=C1OC2(CCC(CCn3c(=O)ccc4ncc(F)cc43)CC2)CN1c1ccc2c(c1)OCCO2. The average molecular weight is 480 g/mol. The Morgan fingerprint density at radius 3 is 2.66 bits per heavy atom. The molecular formula is C26H26FN3O5. The van der Waals surface area contributed by atoms with Gasteiger partial charge in [-0.1, -0.05) is 0 Å². The molecule has 182 valence electrons. The van der Waals surface area contributed by atoms with Crippen molar-refractivity contribution in [1.29, 1.82) is 0 Å². The van der Waals surface area contributed by atoms with Gasteiger partial charge in [-0.3, -0.25) is 14.7 Å². The molecule has 1 aliphatic carbocycles. The number of ether oxygens (including phenoxy) is 3. The molecule has 3 aliphatic rings. The van der Waals surface area contributed by atoms with Crippen LogP contribution < -0.4 is 19.9 Å². The minimum atomic E-state index is -0.496. The van der Waals surface area contributed by atoms with Crippen LogP contribution in [0.15, 0.2) is 47.4 Å². The van der Waals surface area contributed by atoms with Crippen LogP contribution in [-0.2, 0) is 11.3 Å². The van der Waals surface area contributed by atoms with E-state index in [1.165, 1.54) is 12.1 Å². The highest BCUT2D eigenvalue weighted by Crippen LogP contribution is 2.43. The van der Waals surface area contributed by atoms with Gasteiger partial charge in [-0.05, 0) is 56.2 Å². The third-order valence-electron chi connectivity index (χ3n) is 7.39. The average Bonchev–Trinajstić information content (AvgIpc) is 3.19. The van der Waals surface area contributed by atoms with Gasteiger partial charge in [0.2, 0.25) is 0 Å². The van der Waals surface area contributed by atoms with E-state index in [0.717, 1.165) is 44.0 Å². The standard InChI is InChI=1S/C26H26FN3O5/c27-18-13-21-20(28-15-18)2-4-24(31)29(21)10-7-17-5-8-26(9-6-17)16-30(25(32)35-26)19-1-3-22-23(14-19)34-12-11-33-22/h1-4,13-15,17H,5-12,16H2. The number of anilines is 1. The van der Waals surface area contributed by atoms with Crippen molar-refractivity contribution >= 4 is 22.8 Å². The molecule has 4 heterocycles. The molecule has 1 spiro atoms. The molecule has 1 saturated heterocycles. The van der Waals surface area contributed by atoms with Gasteiger partial charge in [0, 0.05) is 24.7 Å². The maximum absolute atomic E-state index is 13.7. The molecule has 6 rings (SSSR count). The predicted molar refractivity (Wildman–Crippen MR) is 127 cm³/mol. The number of aryl methyl sites for hydroxylation is 1. The number of carbonyl (C=O) groups is 1. The molecule has 0 unspecified atom stereocenters. The molecule has 2 aromatic heterocycles. The summed E-state index contributed by atoms with van der Waals surface area (Å²) in [5.41, 5.74) is 1.21. The molecule has 0 atom stereocenters. The summed E-state index contributed by atoms with van der Waals surface area (Å²) in [5, 5.41) is 0. The van der Waals surface area contributed by atoms with Crippen LogP contribution in [0.4, 0.5) is 14.9 Å². The van der Waals surface area contributed by atoms with Gasteiger partial charge in [0.15, 0.2) is 11.5 Å². The number of amides is 1. The summed E-state index contributed by atoms with van der Waals surface area (Å²) in [5.74, 6) is 1.27. The van der Waals surface area contributed by atoms with Crippen LogP contribution in [0.3, 0.4) is 0 Å². The van der Waals surface area contributed by atoms with Gasteiger partial charge >= 0.3 is 6.09 Å². The van der Waals surface area contributed by atoms with Crippen molar-refractivity contribution in [3.63, 3.8) is 0 Å². The molecule has 0 radical (unpaired) electrons. The fourth-order valence-electron chi connectivity index (χ4n) is 5.46. The first-order valence-corrected chi connectivity index (χ1v) is 12.0. The van der Waals surface area contributed by atoms with Gasteiger partial charge in [0.05, 0.1) is 29.5 Å². The third-order valence-corrected chi connectivity index (χ3v) is 7.39. The number of pyridine rings is 2. The second kappa shape index (κ2) is 8.55. The van der Waals surface area contributed by atoms with Crippen LogP contribution in [0, 0.1) is 11.7 Å². The maximum atomic E-state index is 13.7. The molecule has 1 aromatic carbocycles. The van der Waals surface area contributed by atoms with Gasteiger partial charge in [-0.2, -0.15) is 0 Å². The van der Waals surface area contributed by atoms with Gasteiger partial charge in [-0.15, -0.1) is 0 Å². The number of halogens is 1. The minimum absolute atomic E-state index is 0.156. The van der Waals surface area contributed by atoms with Crippen LogP contribution >= 0.6 is 0 Å². The zero-order valence-electron chi connectivity index (χ0n) is 19.2. The van der Waals surface area contributed by atoms with E-state index in [0.29, 0.717) is 54.8 Å². The number of aromatic nitrogens is 2. The highest BCUT2D eigenvalue weighted by Gasteiger charge is 2.47. The fourth-order valence-corrected chi connectivity index (χ4v) is 5.46. The number of hydrogen-bond acceptors (Lipinski definition) is 6. The Labute approximate surface area is 201 Å². The van der Waals surface area contributed by atoms with Crippen LogP contribution in [0.1, 0.15) is 32.1 Å². The number of nitrogens with zero attached hydrogens (tertiary/aromatic N) is 3. The summed E-state index contributed by atoms with van der Waals surface area (Å²) < 4.78 is 32.5. The van der Waals surface area contributed by atoms with Gasteiger partial charge < -0.3 is 18.8 Å². The van der Waals surface area contributed by atoms with Gasteiger partial charge in [0.1, 0.15) is 24.6 Å². The molecule has 0 bridgehead atoms. The van der Waals surface area contributed by atoms with Crippen LogP contribution in [0.2, 0.25) is 0 Å². The molecule has 3 aromatic rings. The van der Waals surface area contributed by atoms with Crippen molar-refractivity contribution in [2.24, 2.45) is 5.92 Å². The van der Waals surface area contributed by atoms with Crippen molar-refractivity contribution < 1.29 is 23.4 Å². The lowest BCUT2D eigenvalue weighted by molar-refractivity contribution is 0.0118. The number of hydrogen-bond donors (Lipinski definition) is 0. The molecule has 2 fully saturated rings. The van der Waals surface area contributed by atoms with Crippen molar-refractivity contribution in [2.45, 2.75) is 44.2 Å². The summed E-state index contributed by atoms with van der Waals surface area (Å²) in [6.45, 7) is 2.02. The number of carbonyl (C=O) groups excluding carboxylic acids is 1. The van der Waals surface area contributed by atoms with Crippen molar-refractivity contribution in [2.75, 3.05) is 24.7 Å². The third kappa shape index (κ3) is 4.09. The molecule has 35 heavy (non-hydrogen) atoms. The fraction of sp³-hybridized carbons (Fsp3) is 0.423. The summed E-state index contributed by atoms with van der Waals surface area (Å²) in [4.78, 5) is 31.0. The van der Waals surface area contributed by atoms with E-state index in [9.17, 15) is 14.0 Å². The van der Waals surface area contributed by atoms with Gasteiger partial charge in [0.25, 0.3) is 5.56 Å². The lowest BCUT2D eigenvalue weighted by Gasteiger charge is -2.35. The number of fused-ring (bicyclic) bond motifs is 2. The first-order valence-electron chi connectivity index (χ1n) is 12.0. The van der Waals surface area contributed by atoms with E-state index >= 15 is 0 Å². The van der Waals surface area contributed by atoms with Crippen molar-refractivity contribution in [3.8, 4) is 11.5 Å². The highest BCUT2D eigenvalue weighted by atomic mass is 19.1. The van der Waals surface area contributed by atoms with E-state index < -0.39 is 11.4 Å². The zero-order valence-corrected chi connectivity index (χ0v) is 19.2. The number of rotatable bonds is 4. The highest BCUT2D eigenvalue weighted by molar-refractivity contribution is 5.90. The Hall–Kier alpha value is -3.62. The second-order valence-electron chi connectivity index (χ2n) is 9.58. The van der Waals surface area contributed by atoms with E-state index in [-0.39, 0.29) is 11.7 Å². The Kier molecular flexibility index (Phi) is 5.35. The molecule has 0 N–H and O–H groups in total. The smallest absolute Gasteiger partial charge is 0.415 e. The molecule has 9 heteroatoms. The quantitative estimate of drug-likeness (QED) is 0.556. The van der Waals surface area contributed by atoms with E-state index in [1.54, 1.807) is 15.5 Å². The zero-order chi connectivity index (χ0) is 24.0. The Morgan fingerprint density at radius 1 is 1.03 bits per heavy atom. The Bertz CT molecular complexity index is 1350. The van der Waals surface area contributed by atoms with E-state index in [1.807, 2.05) is 18.2 Å². The topological polar surface area (TPSA) is 82.9 Å². The Morgan fingerprint density at radius 2 is 1.83 bits per heavy atom. The largest absolute Gasteiger partial charge is 0.486 e. The van der Waals surface area contributed by atoms with Crippen molar-refractivity contribution in [1.82, 2.24) is 9.55 Å². The summed E-state index contributed by atoms with van der Waals surface area (Å²) >= 11 is 0. The van der Waals surface area contributed by atoms with Crippen LogP contribution in [-0.4, -0.2) is 41.0 Å². The second-order valence-corrected chi connectivity index (χ2v) is 9.58. The molecular weight excluding hydrogens is 453 g/mol. The maximum Gasteiger partial charge on any atom is 0.415 e. The molecule has 1 amide bonds. The summed E-state index contributed by atoms with van der Waals surface area (Å²) in [7, 11) is 0. The van der Waals surface area contributed by atoms with Crippen molar-refractivity contribution in [3.05, 3.63) is 58.8 Å². The van der Waals surface area contributed by atoms with Crippen LogP contribution in [0.25, 0.3) is 11.0 Å². The van der Waals surface area contributed by atoms with E-state index in [4.69, 9.17) is 14.2 Å². The minimum Gasteiger partial charge on any atom is -0.486 e. The predicted octanol–water partition coefficient (Wildman–Crippen LogP) is 4.28. The Balaban J connectivity index is 1.11. The first kappa shape index (κ1) is 21.9. The summed E-state index contributed by atoms with van der Waals surface area (Å²) in [6.07, 6.45) is 4.95. The summed E-state index contributed by atoms with van der Waals surface area (Å²) in [6, 6.07) is 9.99.